The number of hydrogen-bond acceptors (Lipinski definition) is 5. The lowest BCUT2D eigenvalue weighted by molar-refractivity contribution is -0.274. The van der Waals surface area contributed by atoms with Crippen LogP contribution in [0.1, 0.15) is 26.7 Å². The topological polar surface area (TPSA) is 76.2 Å². The Bertz CT molecular complexity index is 1200. The molecule has 2 aromatic rings. The number of sulfonamides is 1. The van der Waals surface area contributed by atoms with Crippen LogP contribution < -0.4 is 9.47 Å². The standard InChI is InChI=1S/C24H27F5N2O5S/c1-23(2,11-4-16-35-20-6-3-5-19(25)21(20)26)22(32)30-12-14-31(15-13-30)37(33,34)18-9-7-17(8-10-18)36-24(27,28)29/h3,5-10H,4,11-16H2,1-2H3. The molecule has 0 radical (unpaired) electrons. The number of carbonyl (C=O) groups excluding carboxylic acids is 1. The Morgan fingerprint density at radius 3 is 2.19 bits per heavy atom. The lowest BCUT2D eigenvalue weighted by atomic mass is 9.86. The van der Waals surface area contributed by atoms with Crippen LogP contribution in [0.5, 0.6) is 11.5 Å². The molecule has 0 unspecified atom stereocenters. The van der Waals surface area contributed by atoms with Crippen LogP contribution in [0.25, 0.3) is 0 Å². The second-order valence-corrected chi connectivity index (χ2v) is 11.0. The van der Waals surface area contributed by atoms with Gasteiger partial charge in [-0.05, 0) is 49.2 Å². The Morgan fingerprint density at radius 2 is 1.59 bits per heavy atom. The zero-order valence-corrected chi connectivity index (χ0v) is 21.0. The van der Waals surface area contributed by atoms with Gasteiger partial charge in [-0.1, -0.05) is 19.9 Å². The van der Waals surface area contributed by atoms with Crippen LogP contribution in [0.4, 0.5) is 22.0 Å². The van der Waals surface area contributed by atoms with Gasteiger partial charge in [-0.3, -0.25) is 4.79 Å². The molecule has 0 aromatic heterocycles. The van der Waals surface area contributed by atoms with Crippen LogP contribution in [-0.2, 0) is 14.8 Å². The van der Waals surface area contributed by atoms with Crippen LogP contribution in [0.15, 0.2) is 47.4 Å². The van der Waals surface area contributed by atoms with Gasteiger partial charge in [-0.2, -0.15) is 8.70 Å². The number of nitrogens with zero attached hydrogens (tertiary/aromatic N) is 2. The minimum Gasteiger partial charge on any atom is -0.490 e. The van der Waals surface area contributed by atoms with Crippen molar-refractivity contribution in [1.82, 2.24) is 9.21 Å². The minimum atomic E-state index is -4.89. The number of halogens is 5. The molecule has 0 saturated carbocycles. The number of piperazine rings is 1. The highest BCUT2D eigenvalue weighted by Gasteiger charge is 2.36. The van der Waals surface area contributed by atoms with Gasteiger partial charge in [0.05, 0.1) is 11.5 Å². The Hall–Kier alpha value is -2.93. The third-order valence-corrected chi connectivity index (χ3v) is 7.83. The van der Waals surface area contributed by atoms with E-state index in [1.54, 1.807) is 18.7 Å². The van der Waals surface area contributed by atoms with Crippen molar-refractivity contribution in [2.75, 3.05) is 32.8 Å². The van der Waals surface area contributed by atoms with Crippen molar-refractivity contribution in [1.29, 1.82) is 0 Å². The van der Waals surface area contributed by atoms with Crippen LogP contribution in [-0.4, -0.2) is 62.7 Å². The van der Waals surface area contributed by atoms with Gasteiger partial charge in [0.2, 0.25) is 21.7 Å². The monoisotopic (exact) mass is 550 g/mol. The summed E-state index contributed by atoms with van der Waals surface area (Å²) in [6.45, 7) is 3.89. The van der Waals surface area contributed by atoms with Gasteiger partial charge in [0.15, 0.2) is 11.6 Å². The highest BCUT2D eigenvalue weighted by atomic mass is 32.2. The Balaban J connectivity index is 1.51. The normalized spacial score (nSPS) is 15.5. The minimum absolute atomic E-state index is 0.0207. The molecule has 0 N–H and O–H groups in total. The summed E-state index contributed by atoms with van der Waals surface area (Å²) in [4.78, 5) is 14.4. The predicted molar refractivity (Wildman–Crippen MR) is 123 cm³/mol. The average Bonchev–Trinajstić information content (AvgIpc) is 2.83. The van der Waals surface area contributed by atoms with Crippen LogP contribution >= 0.6 is 0 Å². The van der Waals surface area contributed by atoms with Gasteiger partial charge < -0.3 is 14.4 Å². The molecule has 1 fully saturated rings. The Kier molecular flexibility index (Phi) is 8.68. The Labute approximate surface area is 211 Å². The van der Waals surface area contributed by atoms with Gasteiger partial charge in [0, 0.05) is 31.6 Å². The summed E-state index contributed by atoms with van der Waals surface area (Å²) >= 11 is 0. The summed E-state index contributed by atoms with van der Waals surface area (Å²) in [5.74, 6) is -3.01. The predicted octanol–water partition coefficient (Wildman–Crippen LogP) is 4.58. The molecule has 204 valence electrons. The molecular formula is C24H27F5N2O5S. The second-order valence-electron chi connectivity index (χ2n) is 9.10. The molecule has 3 rings (SSSR count). The van der Waals surface area contributed by atoms with E-state index in [1.165, 1.54) is 16.4 Å². The zero-order valence-electron chi connectivity index (χ0n) is 20.2. The first-order valence-corrected chi connectivity index (χ1v) is 12.9. The summed E-state index contributed by atoms with van der Waals surface area (Å²) in [5, 5.41) is 0. The van der Waals surface area contributed by atoms with E-state index < -0.39 is 39.2 Å². The van der Waals surface area contributed by atoms with Gasteiger partial charge in [-0.25, -0.2) is 12.8 Å². The van der Waals surface area contributed by atoms with Crippen LogP contribution in [0.3, 0.4) is 0 Å². The number of amides is 1. The number of carbonyl (C=O) groups is 1. The van der Waals surface area contributed by atoms with Crippen molar-refractivity contribution < 1.29 is 44.6 Å². The maximum Gasteiger partial charge on any atom is 0.573 e. The third-order valence-electron chi connectivity index (χ3n) is 5.92. The maximum absolute atomic E-state index is 13.7. The molecule has 13 heteroatoms. The third kappa shape index (κ3) is 7.31. The van der Waals surface area contributed by atoms with Gasteiger partial charge >= 0.3 is 6.36 Å². The van der Waals surface area contributed by atoms with Crippen LogP contribution in [0, 0.1) is 17.0 Å². The van der Waals surface area contributed by atoms with Gasteiger partial charge in [0.1, 0.15) is 5.75 Å². The van der Waals surface area contributed by atoms with E-state index >= 15 is 0 Å². The molecule has 1 amide bonds. The van der Waals surface area contributed by atoms with E-state index in [2.05, 4.69) is 4.74 Å². The van der Waals surface area contributed by atoms with E-state index in [0.29, 0.717) is 12.8 Å². The van der Waals surface area contributed by atoms with E-state index in [-0.39, 0.29) is 49.3 Å². The fraction of sp³-hybridized carbons (Fsp3) is 0.458. The molecule has 1 aliphatic rings. The van der Waals surface area contributed by atoms with E-state index in [0.717, 1.165) is 30.3 Å². The maximum atomic E-state index is 13.7. The average molecular weight is 551 g/mol. The fourth-order valence-corrected chi connectivity index (χ4v) is 5.34. The molecule has 2 aromatic carbocycles. The first-order chi connectivity index (χ1) is 17.2. The molecule has 37 heavy (non-hydrogen) atoms. The van der Waals surface area contributed by atoms with E-state index in [4.69, 9.17) is 4.74 Å². The highest BCUT2D eigenvalue weighted by Crippen LogP contribution is 2.29. The zero-order chi connectivity index (χ0) is 27.4. The molecule has 1 heterocycles. The largest absolute Gasteiger partial charge is 0.573 e. The first-order valence-electron chi connectivity index (χ1n) is 11.4. The second kappa shape index (κ2) is 11.2. The summed E-state index contributed by atoms with van der Waals surface area (Å²) in [6.07, 6.45) is -4.09. The highest BCUT2D eigenvalue weighted by molar-refractivity contribution is 7.89. The molecule has 0 atom stereocenters. The van der Waals surface area contributed by atoms with Gasteiger partial charge in [-0.15, -0.1) is 13.2 Å². The number of rotatable bonds is 9. The summed E-state index contributed by atoms with van der Waals surface area (Å²) in [6, 6.07) is 7.55. The van der Waals surface area contributed by atoms with E-state index in [1.807, 2.05) is 0 Å². The summed E-state index contributed by atoms with van der Waals surface area (Å²) in [7, 11) is -3.97. The number of alkyl halides is 3. The van der Waals surface area contributed by atoms with Crippen molar-refractivity contribution >= 4 is 15.9 Å². The number of ether oxygens (including phenoxy) is 2. The smallest absolute Gasteiger partial charge is 0.490 e. The summed E-state index contributed by atoms with van der Waals surface area (Å²) in [5.41, 5.74) is -0.806. The van der Waals surface area contributed by atoms with E-state index in [9.17, 15) is 35.2 Å². The first kappa shape index (κ1) is 28.6. The SMILES string of the molecule is CC(C)(CCCOc1cccc(F)c1F)C(=O)N1CCN(S(=O)(=O)c2ccc(OC(F)(F)F)cc2)CC1. The van der Waals surface area contributed by atoms with Crippen LogP contribution in [0.2, 0.25) is 0 Å². The van der Waals surface area contributed by atoms with Gasteiger partial charge in [0.25, 0.3) is 0 Å². The van der Waals surface area contributed by atoms with Crippen molar-refractivity contribution in [3.63, 3.8) is 0 Å². The fourth-order valence-electron chi connectivity index (χ4n) is 3.92. The van der Waals surface area contributed by atoms with Crippen molar-refractivity contribution in [3.8, 4) is 11.5 Å². The quantitative estimate of drug-likeness (QED) is 0.338. The lowest BCUT2D eigenvalue weighted by Crippen LogP contribution is -2.53. The molecule has 1 aliphatic heterocycles. The van der Waals surface area contributed by atoms with Crippen molar-refractivity contribution in [2.24, 2.45) is 5.41 Å². The molecule has 0 aliphatic carbocycles. The molecule has 7 nitrogen and oxygen atoms in total. The number of hydrogen-bond donors (Lipinski definition) is 0. The molecule has 0 bridgehead atoms. The molecule has 0 spiro atoms. The van der Waals surface area contributed by atoms with Crippen molar-refractivity contribution in [3.05, 3.63) is 54.1 Å². The Morgan fingerprint density at radius 1 is 0.973 bits per heavy atom. The molecule has 1 saturated heterocycles. The van der Waals surface area contributed by atoms with Crippen molar-refractivity contribution in [2.45, 2.75) is 37.9 Å². The summed E-state index contributed by atoms with van der Waals surface area (Å²) < 4.78 is 99.9. The molecular weight excluding hydrogens is 523 g/mol. The lowest BCUT2D eigenvalue weighted by Gasteiger charge is -2.38. The number of benzene rings is 2.